The van der Waals surface area contributed by atoms with Crippen LogP contribution in [-0.4, -0.2) is 40.6 Å². The zero-order valence-electron chi connectivity index (χ0n) is 13.7. The summed E-state index contributed by atoms with van der Waals surface area (Å²) >= 11 is 1.67. The molecule has 4 rings (SSSR count). The first-order valence-electron chi connectivity index (χ1n) is 8.65. The predicted molar refractivity (Wildman–Crippen MR) is 94.1 cm³/mol. The highest BCUT2D eigenvalue weighted by atomic mass is 32.1. The molecule has 0 aromatic carbocycles. The van der Waals surface area contributed by atoms with Crippen molar-refractivity contribution < 1.29 is 0 Å². The van der Waals surface area contributed by atoms with E-state index in [9.17, 15) is 4.79 Å². The molecule has 0 spiro atoms. The molecule has 23 heavy (non-hydrogen) atoms. The second-order valence-corrected chi connectivity index (χ2v) is 7.99. The van der Waals surface area contributed by atoms with E-state index < -0.39 is 0 Å². The van der Waals surface area contributed by atoms with Gasteiger partial charge in [-0.05, 0) is 43.8 Å². The van der Waals surface area contributed by atoms with E-state index in [1.165, 1.54) is 23.3 Å². The summed E-state index contributed by atoms with van der Waals surface area (Å²) in [6.45, 7) is 8.17. The Bertz CT molecular complexity index is 766. The van der Waals surface area contributed by atoms with Gasteiger partial charge in [0.25, 0.3) is 5.56 Å². The summed E-state index contributed by atoms with van der Waals surface area (Å²) in [5.41, 5.74) is 1.39. The van der Waals surface area contributed by atoms with E-state index in [1.54, 1.807) is 17.7 Å². The molecule has 1 unspecified atom stereocenters. The molecule has 4 heterocycles. The highest BCUT2D eigenvalue weighted by molar-refractivity contribution is 7.18. The molecular formula is C17H24N4OS. The summed E-state index contributed by atoms with van der Waals surface area (Å²) < 4.78 is 1.82. The van der Waals surface area contributed by atoms with Crippen LogP contribution in [0.25, 0.3) is 10.2 Å². The van der Waals surface area contributed by atoms with E-state index in [2.05, 4.69) is 22.1 Å². The standard InChI is InChI=1S/C17H24N4OS/c1-12-3-2-6-20(10-12)7-8-21-11-19-16-15(17(21)22)13-4-5-18-9-14(13)23-16/h11-12,18H,2-10H2,1H3. The van der Waals surface area contributed by atoms with Crippen molar-refractivity contribution in [1.29, 1.82) is 0 Å². The molecule has 1 atom stereocenters. The molecule has 1 N–H and O–H groups in total. The molecule has 0 radical (unpaired) electrons. The van der Waals surface area contributed by atoms with Gasteiger partial charge >= 0.3 is 0 Å². The molecule has 124 valence electrons. The molecule has 0 amide bonds. The summed E-state index contributed by atoms with van der Waals surface area (Å²) in [7, 11) is 0. The fraction of sp³-hybridized carbons (Fsp3) is 0.647. The Labute approximate surface area is 140 Å². The van der Waals surface area contributed by atoms with Crippen molar-refractivity contribution in [3.8, 4) is 0 Å². The zero-order valence-corrected chi connectivity index (χ0v) is 14.5. The van der Waals surface area contributed by atoms with Gasteiger partial charge in [0.05, 0.1) is 11.7 Å². The van der Waals surface area contributed by atoms with Crippen molar-refractivity contribution in [2.75, 3.05) is 26.2 Å². The van der Waals surface area contributed by atoms with Crippen molar-refractivity contribution in [3.05, 3.63) is 27.1 Å². The Morgan fingerprint density at radius 1 is 1.43 bits per heavy atom. The van der Waals surface area contributed by atoms with Gasteiger partial charge in [-0.25, -0.2) is 4.98 Å². The first-order valence-corrected chi connectivity index (χ1v) is 9.47. The number of piperidine rings is 1. The van der Waals surface area contributed by atoms with Gasteiger partial charge in [-0.15, -0.1) is 11.3 Å². The average Bonchev–Trinajstić information content (AvgIpc) is 2.93. The van der Waals surface area contributed by atoms with Gasteiger partial charge in [0, 0.05) is 31.1 Å². The number of fused-ring (bicyclic) bond motifs is 3. The molecule has 2 aromatic rings. The van der Waals surface area contributed by atoms with Crippen LogP contribution in [-0.2, 0) is 19.5 Å². The van der Waals surface area contributed by atoms with Crippen LogP contribution < -0.4 is 10.9 Å². The highest BCUT2D eigenvalue weighted by Gasteiger charge is 2.20. The molecule has 6 heteroatoms. The van der Waals surface area contributed by atoms with Crippen LogP contribution in [0, 0.1) is 5.92 Å². The Hall–Kier alpha value is -1.24. The van der Waals surface area contributed by atoms with Gasteiger partial charge in [-0.3, -0.25) is 9.36 Å². The lowest BCUT2D eigenvalue weighted by Crippen LogP contribution is -2.37. The summed E-state index contributed by atoms with van der Waals surface area (Å²) in [6.07, 6.45) is 5.30. The van der Waals surface area contributed by atoms with Crippen molar-refractivity contribution in [3.63, 3.8) is 0 Å². The Balaban J connectivity index is 1.58. The average molecular weight is 332 g/mol. The summed E-state index contributed by atoms with van der Waals surface area (Å²) in [5, 5.41) is 4.25. The van der Waals surface area contributed by atoms with E-state index in [4.69, 9.17) is 0 Å². The number of rotatable bonds is 3. The first kappa shape index (κ1) is 15.3. The van der Waals surface area contributed by atoms with Crippen LogP contribution in [0.15, 0.2) is 11.1 Å². The quantitative estimate of drug-likeness (QED) is 0.932. The minimum absolute atomic E-state index is 0.152. The van der Waals surface area contributed by atoms with Crippen LogP contribution in [0.3, 0.4) is 0 Å². The third-order valence-corrected chi connectivity index (χ3v) is 6.24. The fourth-order valence-corrected chi connectivity index (χ4v) is 5.00. The maximum absolute atomic E-state index is 12.9. The van der Waals surface area contributed by atoms with Crippen molar-refractivity contribution in [1.82, 2.24) is 19.8 Å². The molecule has 0 saturated carbocycles. The second-order valence-electron chi connectivity index (χ2n) is 6.90. The van der Waals surface area contributed by atoms with Crippen LogP contribution >= 0.6 is 11.3 Å². The summed E-state index contributed by atoms with van der Waals surface area (Å²) in [4.78, 5) is 22.1. The lowest BCUT2D eigenvalue weighted by molar-refractivity contribution is 0.177. The number of aromatic nitrogens is 2. The lowest BCUT2D eigenvalue weighted by Gasteiger charge is -2.30. The fourth-order valence-electron chi connectivity index (χ4n) is 3.85. The third kappa shape index (κ3) is 2.95. The molecule has 2 aliphatic heterocycles. The third-order valence-electron chi connectivity index (χ3n) is 5.10. The van der Waals surface area contributed by atoms with Crippen molar-refractivity contribution in [2.45, 2.75) is 39.3 Å². The number of hydrogen-bond acceptors (Lipinski definition) is 5. The number of nitrogens with one attached hydrogen (secondary N) is 1. The summed E-state index contributed by atoms with van der Waals surface area (Å²) in [6, 6.07) is 0. The SMILES string of the molecule is CC1CCCN(CCn2cnc3sc4c(c3c2=O)CCNC4)C1. The van der Waals surface area contributed by atoms with E-state index in [0.717, 1.165) is 61.8 Å². The van der Waals surface area contributed by atoms with Crippen molar-refractivity contribution in [2.24, 2.45) is 5.92 Å². The smallest absolute Gasteiger partial charge is 0.262 e. The Morgan fingerprint density at radius 2 is 2.35 bits per heavy atom. The normalized spacial score (nSPS) is 22.4. The van der Waals surface area contributed by atoms with Gasteiger partial charge in [0.1, 0.15) is 4.83 Å². The largest absolute Gasteiger partial charge is 0.312 e. The minimum Gasteiger partial charge on any atom is -0.312 e. The molecule has 5 nitrogen and oxygen atoms in total. The number of likely N-dealkylation sites (tertiary alicyclic amines) is 1. The number of thiophene rings is 1. The molecule has 0 bridgehead atoms. The predicted octanol–water partition coefficient (Wildman–Crippen LogP) is 1.84. The highest BCUT2D eigenvalue weighted by Crippen LogP contribution is 2.29. The molecule has 0 aliphatic carbocycles. The van der Waals surface area contributed by atoms with Crippen LogP contribution in [0.4, 0.5) is 0 Å². The second kappa shape index (κ2) is 6.34. The van der Waals surface area contributed by atoms with Gasteiger partial charge in [0.15, 0.2) is 0 Å². The number of nitrogens with zero attached hydrogens (tertiary/aromatic N) is 3. The monoisotopic (exact) mass is 332 g/mol. The maximum Gasteiger partial charge on any atom is 0.262 e. The van der Waals surface area contributed by atoms with Gasteiger partial charge in [-0.1, -0.05) is 6.92 Å². The minimum atomic E-state index is 0.152. The first-order chi connectivity index (χ1) is 11.2. The van der Waals surface area contributed by atoms with Crippen LogP contribution in [0.1, 0.15) is 30.2 Å². The van der Waals surface area contributed by atoms with Gasteiger partial charge < -0.3 is 10.2 Å². The van der Waals surface area contributed by atoms with Crippen LogP contribution in [0.5, 0.6) is 0 Å². The van der Waals surface area contributed by atoms with Gasteiger partial charge in [-0.2, -0.15) is 0 Å². The zero-order chi connectivity index (χ0) is 15.8. The Kier molecular flexibility index (Phi) is 4.22. The maximum atomic E-state index is 12.9. The topological polar surface area (TPSA) is 50.2 Å². The Morgan fingerprint density at radius 3 is 3.22 bits per heavy atom. The number of hydrogen-bond donors (Lipinski definition) is 1. The van der Waals surface area contributed by atoms with E-state index in [1.807, 2.05) is 4.57 Å². The summed E-state index contributed by atoms with van der Waals surface area (Å²) in [5.74, 6) is 0.775. The molecular weight excluding hydrogens is 308 g/mol. The molecule has 1 fully saturated rings. The van der Waals surface area contributed by atoms with E-state index in [0.29, 0.717) is 0 Å². The molecule has 2 aliphatic rings. The van der Waals surface area contributed by atoms with Crippen LogP contribution in [0.2, 0.25) is 0 Å². The van der Waals surface area contributed by atoms with Gasteiger partial charge in [0.2, 0.25) is 0 Å². The van der Waals surface area contributed by atoms with E-state index in [-0.39, 0.29) is 5.56 Å². The molecule has 1 saturated heterocycles. The molecule has 2 aromatic heterocycles. The van der Waals surface area contributed by atoms with E-state index >= 15 is 0 Å². The van der Waals surface area contributed by atoms with Crippen molar-refractivity contribution >= 4 is 21.6 Å². The lowest BCUT2D eigenvalue weighted by atomic mass is 10.0.